The molecule has 2 aliphatic heterocycles. The number of carbonyl (C=O) groups is 1. The molecule has 7 nitrogen and oxygen atoms in total. The first kappa shape index (κ1) is 18.1. The minimum Gasteiger partial charge on any atom is -0.338 e. The summed E-state index contributed by atoms with van der Waals surface area (Å²) in [4.78, 5) is 17.7. The lowest BCUT2D eigenvalue weighted by molar-refractivity contribution is -0.137. The van der Waals surface area contributed by atoms with Crippen LogP contribution in [-0.2, 0) is 11.3 Å². The number of benzene rings is 1. The van der Waals surface area contributed by atoms with Gasteiger partial charge in [0.25, 0.3) is 0 Å². The second-order valence-electron chi connectivity index (χ2n) is 7.75. The summed E-state index contributed by atoms with van der Waals surface area (Å²) < 4.78 is 1.63. The fourth-order valence-corrected chi connectivity index (χ4v) is 4.87. The third-order valence-electron chi connectivity index (χ3n) is 6.15. The van der Waals surface area contributed by atoms with Gasteiger partial charge in [0.05, 0.1) is 6.54 Å². The molecule has 2 aliphatic rings. The van der Waals surface area contributed by atoms with Crippen molar-refractivity contribution < 1.29 is 4.79 Å². The van der Waals surface area contributed by atoms with Crippen LogP contribution in [0.3, 0.4) is 0 Å². The number of hydrogen-bond acceptors (Lipinski definition) is 5. The number of piperidine rings is 1. The Morgan fingerprint density at radius 1 is 1.15 bits per heavy atom. The maximum absolute atomic E-state index is 13.0. The van der Waals surface area contributed by atoms with E-state index < -0.39 is 0 Å². The first-order valence-corrected chi connectivity index (χ1v) is 9.99. The summed E-state index contributed by atoms with van der Waals surface area (Å²) in [6.45, 7) is 2.48. The summed E-state index contributed by atoms with van der Waals surface area (Å²) in [6, 6.07) is 11.5. The Kier molecular flexibility index (Phi) is 5.48. The van der Waals surface area contributed by atoms with E-state index in [0.717, 1.165) is 25.9 Å². The minimum atomic E-state index is 0.224. The van der Waals surface area contributed by atoms with E-state index in [9.17, 15) is 4.79 Å². The molecule has 0 spiro atoms. The standard InChI is InChI=1S/C20H28N6O/c1-24-12-6-5-9-18-20(24)17(16-7-3-2-4-8-16)10-14-26(18)19(27)11-13-25-15-21-22-23-25/h2-4,7-8,15,17-18,20H,5-6,9-14H2,1H3/t17-,18-,20-/m1/s1. The van der Waals surface area contributed by atoms with Crippen LogP contribution in [0.4, 0.5) is 0 Å². The molecule has 1 aromatic carbocycles. The highest BCUT2D eigenvalue weighted by Gasteiger charge is 2.43. The monoisotopic (exact) mass is 368 g/mol. The molecule has 0 radical (unpaired) electrons. The van der Waals surface area contributed by atoms with E-state index in [0.29, 0.717) is 24.9 Å². The molecule has 1 amide bonds. The molecule has 0 unspecified atom stereocenters. The predicted molar refractivity (Wildman–Crippen MR) is 102 cm³/mol. The maximum Gasteiger partial charge on any atom is 0.224 e. The van der Waals surface area contributed by atoms with Crippen molar-refractivity contribution in [1.82, 2.24) is 30.0 Å². The number of likely N-dealkylation sites (N-methyl/N-ethyl adjacent to an activating group) is 1. The van der Waals surface area contributed by atoms with Crippen LogP contribution in [-0.4, -0.2) is 68.1 Å². The average molecular weight is 368 g/mol. The van der Waals surface area contributed by atoms with Crippen LogP contribution < -0.4 is 0 Å². The van der Waals surface area contributed by atoms with E-state index in [1.165, 1.54) is 18.4 Å². The highest BCUT2D eigenvalue weighted by Crippen LogP contribution is 2.38. The Bertz CT molecular complexity index is 734. The first-order chi connectivity index (χ1) is 13.2. The number of rotatable bonds is 4. The van der Waals surface area contributed by atoms with Gasteiger partial charge in [-0.2, -0.15) is 0 Å². The number of hydrogen-bond donors (Lipinski definition) is 0. The van der Waals surface area contributed by atoms with Gasteiger partial charge in [-0.3, -0.25) is 4.79 Å². The molecular weight excluding hydrogens is 340 g/mol. The van der Waals surface area contributed by atoms with Crippen LogP contribution >= 0.6 is 0 Å². The van der Waals surface area contributed by atoms with Crippen molar-refractivity contribution in [3.63, 3.8) is 0 Å². The van der Waals surface area contributed by atoms with Gasteiger partial charge in [0.15, 0.2) is 0 Å². The van der Waals surface area contributed by atoms with Gasteiger partial charge in [0, 0.05) is 31.0 Å². The molecule has 2 fully saturated rings. The van der Waals surface area contributed by atoms with Gasteiger partial charge in [-0.05, 0) is 48.8 Å². The largest absolute Gasteiger partial charge is 0.338 e. The number of likely N-dealkylation sites (tertiary alicyclic amines) is 2. The van der Waals surface area contributed by atoms with Gasteiger partial charge < -0.3 is 9.80 Å². The fraction of sp³-hybridized carbons (Fsp3) is 0.600. The molecule has 27 heavy (non-hydrogen) atoms. The Morgan fingerprint density at radius 2 is 2.00 bits per heavy atom. The zero-order valence-corrected chi connectivity index (χ0v) is 15.9. The summed E-state index contributed by atoms with van der Waals surface area (Å²) in [5.74, 6) is 0.713. The molecule has 2 aromatic rings. The van der Waals surface area contributed by atoms with Gasteiger partial charge >= 0.3 is 0 Å². The van der Waals surface area contributed by atoms with Crippen molar-refractivity contribution in [3.8, 4) is 0 Å². The van der Waals surface area contributed by atoms with Crippen LogP contribution in [0.2, 0.25) is 0 Å². The third-order valence-corrected chi connectivity index (χ3v) is 6.15. The van der Waals surface area contributed by atoms with Crippen molar-refractivity contribution in [3.05, 3.63) is 42.2 Å². The molecule has 0 aliphatic carbocycles. The normalized spacial score (nSPS) is 26.4. The predicted octanol–water partition coefficient (Wildman–Crippen LogP) is 1.93. The molecule has 3 atom stereocenters. The lowest BCUT2D eigenvalue weighted by Crippen LogP contribution is -2.58. The SMILES string of the molecule is CN1CCCC[C@@H]2[C@H]1[C@@H](c1ccccc1)CCN2C(=O)CCn1cnnn1. The number of aromatic nitrogens is 4. The lowest BCUT2D eigenvalue weighted by atomic mass is 9.79. The number of amides is 1. The number of carbonyl (C=O) groups excluding carboxylic acids is 1. The highest BCUT2D eigenvalue weighted by atomic mass is 16.2. The zero-order chi connectivity index (χ0) is 18.6. The number of aryl methyl sites for hydroxylation is 1. The second-order valence-corrected chi connectivity index (χ2v) is 7.75. The number of tetrazole rings is 1. The van der Waals surface area contributed by atoms with E-state index in [-0.39, 0.29) is 11.9 Å². The molecule has 144 valence electrons. The number of fused-ring (bicyclic) bond motifs is 1. The Balaban J connectivity index is 1.53. The Hall–Kier alpha value is -2.28. The van der Waals surface area contributed by atoms with Crippen LogP contribution in [0.15, 0.2) is 36.7 Å². The molecule has 0 saturated carbocycles. The third kappa shape index (κ3) is 3.88. The summed E-state index contributed by atoms with van der Waals surface area (Å²) >= 11 is 0. The fourth-order valence-electron chi connectivity index (χ4n) is 4.87. The van der Waals surface area contributed by atoms with Gasteiger partial charge in [-0.1, -0.05) is 36.8 Å². The molecule has 1 aromatic heterocycles. The topological polar surface area (TPSA) is 67.2 Å². The van der Waals surface area contributed by atoms with E-state index in [4.69, 9.17) is 0 Å². The van der Waals surface area contributed by atoms with Gasteiger partial charge in [-0.25, -0.2) is 4.68 Å². The molecule has 3 heterocycles. The summed E-state index contributed by atoms with van der Waals surface area (Å²) in [5.41, 5.74) is 1.40. The van der Waals surface area contributed by atoms with Gasteiger partial charge in [-0.15, -0.1) is 5.10 Å². The molecule has 0 bridgehead atoms. The quantitative estimate of drug-likeness (QED) is 0.825. The van der Waals surface area contributed by atoms with Crippen molar-refractivity contribution in [2.24, 2.45) is 0 Å². The van der Waals surface area contributed by atoms with Gasteiger partial charge in [0.1, 0.15) is 6.33 Å². The Morgan fingerprint density at radius 3 is 2.78 bits per heavy atom. The molecule has 4 rings (SSSR count). The van der Waals surface area contributed by atoms with E-state index >= 15 is 0 Å². The van der Waals surface area contributed by atoms with E-state index in [1.54, 1.807) is 11.0 Å². The van der Waals surface area contributed by atoms with Crippen LogP contribution in [0.5, 0.6) is 0 Å². The summed E-state index contributed by atoms with van der Waals surface area (Å²) in [6.07, 6.45) is 6.52. The van der Waals surface area contributed by atoms with Crippen LogP contribution in [0.25, 0.3) is 0 Å². The molecule has 2 saturated heterocycles. The molecular formula is C20H28N6O. The minimum absolute atomic E-state index is 0.224. The van der Waals surface area contributed by atoms with Crippen molar-refractivity contribution in [2.75, 3.05) is 20.1 Å². The van der Waals surface area contributed by atoms with E-state index in [2.05, 4.69) is 62.7 Å². The van der Waals surface area contributed by atoms with Crippen LogP contribution in [0, 0.1) is 0 Å². The van der Waals surface area contributed by atoms with Crippen molar-refractivity contribution in [1.29, 1.82) is 0 Å². The van der Waals surface area contributed by atoms with Crippen molar-refractivity contribution in [2.45, 2.75) is 56.7 Å². The number of nitrogens with zero attached hydrogens (tertiary/aromatic N) is 6. The average Bonchev–Trinajstić information content (AvgIpc) is 3.15. The van der Waals surface area contributed by atoms with E-state index in [1.807, 2.05) is 0 Å². The Labute approximate surface area is 160 Å². The van der Waals surface area contributed by atoms with Crippen molar-refractivity contribution >= 4 is 5.91 Å². The smallest absolute Gasteiger partial charge is 0.224 e. The molecule has 0 N–H and O–H groups in total. The highest BCUT2D eigenvalue weighted by molar-refractivity contribution is 5.76. The van der Waals surface area contributed by atoms with Gasteiger partial charge in [0.2, 0.25) is 5.91 Å². The maximum atomic E-state index is 13.0. The second kappa shape index (κ2) is 8.17. The first-order valence-electron chi connectivity index (χ1n) is 9.99. The van der Waals surface area contributed by atoms with Crippen LogP contribution in [0.1, 0.15) is 43.6 Å². The summed E-state index contributed by atoms with van der Waals surface area (Å²) in [7, 11) is 2.23. The lowest BCUT2D eigenvalue weighted by Gasteiger charge is -2.48. The zero-order valence-electron chi connectivity index (χ0n) is 15.9. The molecule has 7 heteroatoms. The summed E-state index contributed by atoms with van der Waals surface area (Å²) in [5, 5.41) is 11.2.